The molecule has 0 amide bonds. The van der Waals surface area contributed by atoms with Crippen LogP contribution < -0.4 is 10.1 Å². The minimum atomic E-state index is -1.29. The molecule has 0 fully saturated rings. The number of methoxy groups -OCH3 is 2. The zero-order valence-electron chi connectivity index (χ0n) is 11.3. The maximum absolute atomic E-state index is 12.6. The van der Waals surface area contributed by atoms with Crippen LogP contribution in [0.1, 0.15) is 30.1 Å². The van der Waals surface area contributed by atoms with E-state index in [-0.39, 0.29) is 5.78 Å². The van der Waals surface area contributed by atoms with Gasteiger partial charge in [-0.3, -0.25) is 4.79 Å². The molecule has 0 spiro atoms. The van der Waals surface area contributed by atoms with Crippen LogP contribution in [0, 0.1) is 0 Å². The van der Waals surface area contributed by atoms with Crippen molar-refractivity contribution < 1.29 is 19.1 Å². The highest BCUT2D eigenvalue weighted by Gasteiger charge is 2.51. The van der Waals surface area contributed by atoms with Gasteiger partial charge in [-0.1, -0.05) is 13.3 Å². The van der Waals surface area contributed by atoms with Gasteiger partial charge in [0.25, 0.3) is 0 Å². The minimum absolute atomic E-state index is 0.255. The summed E-state index contributed by atoms with van der Waals surface area (Å²) in [5.74, 6) is -0.212. The van der Waals surface area contributed by atoms with Crippen molar-refractivity contribution in [3.05, 3.63) is 23.8 Å². The van der Waals surface area contributed by atoms with Gasteiger partial charge in [-0.05, 0) is 24.6 Å². The molecule has 0 aromatic heterocycles. The number of nitrogens with one attached hydrogen (secondary N) is 1. The van der Waals surface area contributed by atoms with Gasteiger partial charge < -0.3 is 14.8 Å². The first-order chi connectivity index (χ1) is 9.08. The fraction of sp³-hybridized carbons (Fsp3) is 0.429. The summed E-state index contributed by atoms with van der Waals surface area (Å²) < 4.78 is 9.90. The summed E-state index contributed by atoms with van der Waals surface area (Å²) in [7, 11) is 2.83. The highest BCUT2D eigenvalue weighted by molar-refractivity contribution is 6.24. The van der Waals surface area contributed by atoms with Crippen LogP contribution in [0.3, 0.4) is 0 Å². The van der Waals surface area contributed by atoms with Gasteiger partial charge in [-0.2, -0.15) is 0 Å². The first-order valence-corrected chi connectivity index (χ1v) is 6.18. The molecular formula is C14H17NO4. The van der Waals surface area contributed by atoms with Crippen LogP contribution in [0.25, 0.3) is 0 Å². The number of hydrogen-bond acceptors (Lipinski definition) is 5. The molecule has 1 aliphatic rings. The lowest BCUT2D eigenvalue weighted by Gasteiger charge is -2.24. The Morgan fingerprint density at radius 1 is 1.37 bits per heavy atom. The Balaban J connectivity index is 2.47. The number of ketones is 1. The molecule has 0 bridgehead atoms. The lowest BCUT2D eigenvalue weighted by atomic mass is 9.89. The maximum atomic E-state index is 12.6. The molecule has 1 aromatic carbocycles. The van der Waals surface area contributed by atoms with Crippen molar-refractivity contribution in [1.82, 2.24) is 0 Å². The number of esters is 1. The van der Waals surface area contributed by atoms with Crippen LogP contribution in [0.4, 0.5) is 5.69 Å². The second kappa shape index (κ2) is 4.91. The molecule has 0 radical (unpaired) electrons. The van der Waals surface area contributed by atoms with Crippen LogP contribution in [0.15, 0.2) is 18.2 Å². The Bertz CT molecular complexity index is 526. The van der Waals surface area contributed by atoms with E-state index >= 15 is 0 Å². The molecule has 1 unspecified atom stereocenters. The van der Waals surface area contributed by atoms with Gasteiger partial charge in [0.1, 0.15) is 5.75 Å². The third kappa shape index (κ3) is 1.95. The quantitative estimate of drug-likeness (QED) is 0.665. The van der Waals surface area contributed by atoms with Crippen molar-refractivity contribution in [2.45, 2.75) is 25.3 Å². The molecular weight excluding hydrogens is 246 g/mol. The molecule has 1 atom stereocenters. The number of benzene rings is 1. The van der Waals surface area contributed by atoms with Crippen molar-refractivity contribution in [2.24, 2.45) is 0 Å². The topological polar surface area (TPSA) is 64.6 Å². The summed E-state index contributed by atoms with van der Waals surface area (Å²) in [6.45, 7) is 1.92. The predicted molar refractivity (Wildman–Crippen MR) is 70.6 cm³/mol. The van der Waals surface area contributed by atoms with Crippen molar-refractivity contribution in [2.75, 3.05) is 19.5 Å². The average molecular weight is 263 g/mol. The van der Waals surface area contributed by atoms with Gasteiger partial charge in [-0.25, -0.2) is 4.79 Å². The van der Waals surface area contributed by atoms with E-state index in [0.717, 1.165) is 0 Å². The Hall–Kier alpha value is -2.04. The molecule has 19 heavy (non-hydrogen) atoms. The number of carbonyl (C=O) groups is 2. The Morgan fingerprint density at radius 2 is 2.11 bits per heavy atom. The molecule has 102 valence electrons. The summed E-state index contributed by atoms with van der Waals surface area (Å²) in [5.41, 5.74) is -0.180. The van der Waals surface area contributed by atoms with Gasteiger partial charge in [0.2, 0.25) is 5.78 Å². The van der Waals surface area contributed by atoms with Crippen LogP contribution in [-0.4, -0.2) is 31.5 Å². The van der Waals surface area contributed by atoms with E-state index in [9.17, 15) is 9.59 Å². The molecule has 0 saturated carbocycles. The van der Waals surface area contributed by atoms with E-state index in [1.54, 1.807) is 18.2 Å². The van der Waals surface area contributed by atoms with E-state index in [2.05, 4.69) is 5.32 Å². The smallest absolute Gasteiger partial charge is 0.339 e. The largest absolute Gasteiger partial charge is 0.497 e. The van der Waals surface area contributed by atoms with Gasteiger partial charge in [0.05, 0.1) is 14.2 Å². The van der Waals surface area contributed by atoms with Crippen molar-refractivity contribution in [1.29, 1.82) is 0 Å². The molecule has 5 heteroatoms. The van der Waals surface area contributed by atoms with E-state index in [0.29, 0.717) is 29.8 Å². The lowest BCUT2D eigenvalue weighted by molar-refractivity contribution is -0.144. The molecule has 2 rings (SSSR count). The number of ether oxygens (including phenoxy) is 2. The lowest BCUT2D eigenvalue weighted by Crippen LogP contribution is -2.50. The standard InChI is InChI=1S/C14H17NO4/c1-4-7-14(13(17)19-3)12(16)10-8-9(18-2)5-6-11(10)15-14/h5-6,8,15H,4,7H2,1-3H3. The van der Waals surface area contributed by atoms with Gasteiger partial charge >= 0.3 is 5.97 Å². The fourth-order valence-corrected chi connectivity index (χ4v) is 2.43. The minimum Gasteiger partial charge on any atom is -0.497 e. The fourth-order valence-electron chi connectivity index (χ4n) is 2.43. The van der Waals surface area contributed by atoms with E-state index in [1.807, 2.05) is 6.92 Å². The Kier molecular flexibility index (Phi) is 3.46. The van der Waals surface area contributed by atoms with Crippen LogP contribution in [-0.2, 0) is 9.53 Å². The zero-order valence-corrected chi connectivity index (χ0v) is 11.3. The SMILES string of the molecule is CCCC1(C(=O)OC)Nc2ccc(OC)cc2C1=O. The van der Waals surface area contributed by atoms with Crippen LogP contribution in [0.2, 0.25) is 0 Å². The number of Topliss-reactive ketones (excluding diaryl/α,β-unsaturated/α-hetero) is 1. The second-order valence-corrected chi connectivity index (χ2v) is 4.51. The summed E-state index contributed by atoms with van der Waals surface area (Å²) >= 11 is 0. The molecule has 1 aromatic rings. The number of hydrogen-bond donors (Lipinski definition) is 1. The van der Waals surface area contributed by atoms with Crippen molar-refractivity contribution in [3.63, 3.8) is 0 Å². The first kappa shape index (κ1) is 13.4. The summed E-state index contributed by atoms with van der Waals surface area (Å²) in [6.07, 6.45) is 1.09. The molecule has 1 heterocycles. The highest BCUT2D eigenvalue weighted by Crippen LogP contribution is 2.37. The average Bonchev–Trinajstić information content (AvgIpc) is 2.72. The van der Waals surface area contributed by atoms with E-state index in [4.69, 9.17) is 9.47 Å². The molecule has 0 aliphatic carbocycles. The molecule has 0 saturated heterocycles. The second-order valence-electron chi connectivity index (χ2n) is 4.51. The number of anilines is 1. The molecule has 5 nitrogen and oxygen atoms in total. The number of fused-ring (bicyclic) bond motifs is 1. The Morgan fingerprint density at radius 3 is 2.68 bits per heavy atom. The van der Waals surface area contributed by atoms with Crippen molar-refractivity contribution >= 4 is 17.4 Å². The molecule has 1 aliphatic heterocycles. The first-order valence-electron chi connectivity index (χ1n) is 6.18. The third-order valence-electron chi connectivity index (χ3n) is 3.37. The summed E-state index contributed by atoms with van der Waals surface area (Å²) in [4.78, 5) is 24.6. The Labute approximate surface area is 111 Å². The van der Waals surface area contributed by atoms with Gasteiger partial charge in [0.15, 0.2) is 5.54 Å². The van der Waals surface area contributed by atoms with Crippen molar-refractivity contribution in [3.8, 4) is 5.75 Å². The van der Waals surface area contributed by atoms with Crippen LogP contribution >= 0.6 is 0 Å². The zero-order chi connectivity index (χ0) is 14.0. The third-order valence-corrected chi connectivity index (χ3v) is 3.37. The highest BCUT2D eigenvalue weighted by atomic mass is 16.5. The maximum Gasteiger partial charge on any atom is 0.339 e. The summed E-state index contributed by atoms with van der Waals surface area (Å²) in [6, 6.07) is 5.13. The van der Waals surface area contributed by atoms with E-state index < -0.39 is 11.5 Å². The number of carbonyl (C=O) groups excluding carboxylic acids is 2. The molecule has 1 N–H and O–H groups in total. The normalized spacial score (nSPS) is 20.7. The number of rotatable bonds is 4. The predicted octanol–water partition coefficient (Wildman–Crippen LogP) is 2.02. The summed E-state index contributed by atoms with van der Waals surface area (Å²) in [5, 5.41) is 3.02. The van der Waals surface area contributed by atoms with Gasteiger partial charge in [-0.15, -0.1) is 0 Å². The van der Waals surface area contributed by atoms with E-state index in [1.165, 1.54) is 14.2 Å². The van der Waals surface area contributed by atoms with Gasteiger partial charge in [0, 0.05) is 11.3 Å². The van der Waals surface area contributed by atoms with Crippen LogP contribution in [0.5, 0.6) is 5.75 Å². The monoisotopic (exact) mass is 263 g/mol.